The minimum Gasteiger partial charge on any atom is -0.323 e. The molecule has 2 aromatic rings. The Bertz CT molecular complexity index is 526. The van der Waals surface area contributed by atoms with Crippen molar-refractivity contribution in [1.82, 2.24) is 9.55 Å². The number of aromatic nitrogens is 2. The number of rotatable bonds is 2. The summed E-state index contributed by atoms with van der Waals surface area (Å²) in [5.41, 5.74) is 6.40. The lowest BCUT2D eigenvalue weighted by Crippen LogP contribution is -2.11. The number of nitrogens with zero attached hydrogens (tertiary/aromatic N) is 2. The molecule has 1 unspecified atom stereocenters. The van der Waals surface area contributed by atoms with E-state index in [2.05, 4.69) is 4.98 Å². The monoisotopic (exact) mass is 241 g/mol. The predicted molar refractivity (Wildman–Crippen MR) is 56.0 cm³/mol. The van der Waals surface area contributed by atoms with E-state index in [1.54, 1.807) is 6.92 Å². The van der Waals surface area contributed by atoms with Crippen molar-refractivity contribution >= 4 is 0 Å². The molecule has 0 aliphatic heterocycles. The largest absolute Gasteiger partial charge is 0.323 e. The third-order valence-corrected chi connectivity index (χ3v) is 2.38. The first-order valence-electron chi connectivity index (χ1n) is 4.93. The molecule has 3 nitrogen and oxygen atoms in total. The van der Waals surface area contributed by atoms with Crippen molar-refractivity contribution < 1.29 is 13.2 Å². The van der Waals surface area contributed by atoms with Gasteiger partial charge in [0.1, 0.15) is 0 Å². The third kappa shape index (κ3) is 2.03. The summed E-state index contributed by atoms with van der Waals surface area (Å²) in [6.07, 6.45) is 2.86. The van der Waals surface area contributed by atoms with Gasteiger partial charge in [-0.2, -0.15) is 0 Å². The Hall–Kier alpha value is -1.82. The summed E-state index contributed by atoms with van der Waals surface area (Å²) in [7, 11) is 0. The summed E-state index contributed by atoms with van der Waals surface area (Å²) >= 11 is 0. The van der Waals surface area contributed by atoms with Crippen LogP contribution in [0.5, 0.6) is 0 Å². The highest BCUT2D eigenvalue weighted by Gasteiger charge is 2.14. The van der Waals surface area contributed by atoms with Crippen molar-refractivity contribution in [1.29, 1.82) is 0 Å². The highest BCUT2D eigenvalue weighted by atomic mass is 19.2. The van der Waals surface area contributed by atoms with E-state index in [-0.39, 0.29) is 11.7 Å². The van der Waals surface area contributed by atoms with Crippen LogP contribution in [0.1, 0.15) is 18.7 Å². The van der Waals surface area contributed by atoms with E-state index >= 15 is 0 Å². The molecule has 2 N–H and O–H groups in total. The minimum absolute atomic E-state index is 0.145. The van der Waals surface area contributed by atoms with Gasteiger partial charge in [0, 0.05) is 18.2 Å². The van der Waals surface area contributed by atoms with Gasteiger partial charge in [0.05, 0.1) is 23.9 Å². The molecule has 0 amide bonds. The van der Waals surface area contributed by atoms with E-state index in [0.717, 1.165) is 12.1 Å². The van der Waals surface area contributed by atoms with E-state index in [1.165, 1.54) is 17.1 Å². The molecule has 1 aromatic carbocycles. The topological polar surface area (TPSA) is 43.8 Å². The van der Waals surface area contributed by atoms with Crippen LogP contribution in [0.3, 0.4) is 0 Å². The standard InChI is InChI=1S/C11H10F3N3/c1-6(15)10-4-16-5-17(10)7-2-8(12)11(14)9(13)3-7/h2-6H,15H2,1H3. The van der Waals surface area contributed by atoms with Crippen LogP contribution in [0.25, 0.3) is 5.69 Å². The predicted octanol–water partition coefficient (Wildman–Crippen LogP) is 2.31. The summed E-state index contributed by atoms with van der Waals surface area (Å²) in [6.45, 7) is 1.71. The molecule has 90 valence electrons. The van der Waals surface area contributed by atoms with Crippen molar-refractivity contribution in [3.05, 3.63) is 47.8 Å². The van der Waals surface area contributed by atoms with Gasteiger partial charge in [0.15, 0.2) is 17.5 Å². The van der Waals surface area contributed by atoms with E-state index < -0.39 is 17.5 Å². The first-order chi connectivity index (χ1) is 8.00. The number of benzene rings is 1. The molecular formula is C11H10F3N3. The van der Waals surface area contributed by atoms with Gasteiger partial charge in [-0.3, -0.25) is 0 Å². The molecular weight excluding hydrogens is 231 g/mol. The third-order valence-electron chi connectivity index (χ3n) is 2.38. The molecule has 0 fully saturated rings. The molecule has 6 heteroatoms. The van der Waals surface area contributed by atoms with Crippen LogP contribution < -0.4 is 5.73 Å². The number of hydrogen-bond acceptors (Lipinski definition) is 2. The van der Waals surface area contributed by atoms with E-state index in [1.807, 2.05) is 0 Å². The average Bonchev–Trinajstić information content (AvgIpc) is 2.74. The second-order valence-corrected chi connectivity index (χ2v) is 3.70. The maximum atomic E-state index is 13.1. The van der Waals surface area contributed by atoms with E-state index in [4.69, 9.17) is 5.73 Å². The Kier molecular flexibility index (Phi) is 2.89. The SMILES string of the molecule is CC(N)c1cncn1-c1cc(F)c(F)c(F)c1. The number of hydrogen-bond donors (Lipinski definition) is 1. The van der Waals surface area contributed by atoms with Crippen LogP contribution in [-0.4, -0.2) is 9.55 Å². The molecule has 0 spiro atoms. The number of imidazole rings is 1. The normalized spacial score (nSPS) is 12.8. The maximum Gasteiger partial charge on any atom is 0.194 e. The zero-order chi connectivity index (χ0) is 12.6. The fourth-order valence-electron chi connectivity index (χ4n) is 1.54. The van der Waals surface area contributed by atoms with Crippen LogP contribution >= 0.6 is 0 Å². The lowest BCUT2D eigenvalue weighted by molar-refractivity contribution is 0.446. The van der Waals surface area contributed by atoms with E-state index in [0.29, 0.717) is 5.69 Å². The maximum absolute atomic E-state index is 13.1. The van der Waals surface area contributed by atoms with Crippen LogP contribution in [-0.2, 0) is 0 Å². The highest BCUT2D eigenvalue weighted by molar-refractivity contribution is 5.35. The lowest BCUT2D eigenvalue weighted by atomic mass is 10.2. The molecule has 0 aliphatic carbocycles. The summed E-state index contributed by atoms with van der Waals surface area (Å²) < 4.78 is 40.4. The number of halogens is 3. The summed E-state index contributed by atoms with van der Waals surface area (Å²) in [4.78, 5) is 3.85. The quantitative estimate of drug-likeness (QED) is 0.820. The Labute approximate surface area is 95.7 Å². The zero-order valence-electron chi connectivity index (χ0n) is 8.99. The minimum atomic E-state index is -1.49. The second-order valence-electron chi connectivity index (χ2n) is 3.70. The lowest BCUT2D eigenvalue weighted by Gasteiger charge is -2.11. The Morgan fingerprint density at radius 1 is 1.24 bits per heavy atom. The number of nitrogens with two attached hydrogens (primary N) is 1. The smallest absolute Gasteiger partial charge is 0.194 e. The second kappa shape index (κ2) is 4.21. The van der Waals surface area contributed by atoms with Crippen LogP contribution in [0.2, 0.25) is 0 Å². The van der Waals surface area contributed by atoms with Crippen LogP contribution in [0.4, 0.5) is 13.2 Å². The van der Waals surface area contributed by atoms with Crippen molar-refractivity contribution in [3.63, 3.8) is 0 Å². The first-order valence-corrected chi connectivity index (χ1v) is 4.93. The van der Waals surface area contributed by atoms with Gasteiger partial charge in [-0.15, -0.1) is 0 Å². The fraction of sp³-hybridized carbons (Fsp3) is 0.182. The molecule has 1 aromatic heterocycles. The molecule has 0 bridgehead atoms. The van der Waals surface area contributed by atoms with Gasteiger partial charge in [0.2, 0.25) is 0 Å². The van der Waals surface area contributed by atoms with E-state index in [9.17, 15) is 13.2 Å². The molecule has 1 heterocycles. The summed E-state index contributed by atoms with van der Waals surface area (Å²) in [5.74, 6) is -3.98. The van der Waals surface area contributed by atoms with Gasteiger partial charge >= 0.3 is 0 Å². The van der Waals surface area contributed by atoms with Crippen molar-refractivity contribution in [2.24, 2.45) is 5.73 Å². The van der Waals surface area contributed by atoms with Crippen molar-refractivity contribution in [2.45, 2.75) is 13.0 Å². The van der Waals surface area contributed by atoms with Gasteiger partial charge < -0.3 is 10.3 Å². The van der Waals surface area contributed by atoms with Gasteiger partial charge in [-0.1, -0.05) is 0 Å². The fourth-order valence-corrected chi connectivity index (χ4v) is 1.54. The molecule has 1 atom stereocenters. The molecule has 0 saturated carbocycles. The first kappa shape index (κ1) is 11.7. The Morgan fingerprint density at radius 3 is 2.35 bits per heavy atom. The molecule has 2 rings (SSSR count). The van der Waals surface area contributed by atoms with Crippen molar-refractivity contribution in [2.75, 3.05) is 0 Å². The Balaban J connectivity index is 2.57. The zero-order valence-corrected chi connectivity index (χ0v) is 8.99. The summed E-state index contributed by atoms with van der Waals surface area (Å²) in [5, 5.41) is 0. The highest BCUT2D eigenvalue weighted by Crippen LogP contribution is 2.20. The molecule has 17 heavy (non-hydrogen) atoms. The van der Waals surface area contributed by atoms with Crippen molar-refractivity contribution in [3.8, 4) is 5.69 Å². The van der Waals surface area contributed by atoms with Crippen LogP contribution in [0.15, 0.2) is 24.7 Å². The van der Waals surface area contributed by atoms with Crippen LogP contribution in [0, 0.1) is 17.5 Å². The molecule has 0 aliphatic rings. The van der Waals surface area contributed by atoms with Gasteiger partial charge in [-0.05, 0) is 6.92 Å². The molecule has 0 saturated heterocycles. The van der Waals surface area contributed by atoms with Gasteiger partial charge in [-0.25, -0.2) is 18.2 Å². The Morgan fingerprint density at radius 2 is 1.82 bits per heavy atom. The average molecular weight is 241 g/mol. The molecule has 0 radical (unpaired) electrons. The summed E-state index contributed by atoms with van der Waals surface area (Å²) in [6, 6.07) is 1.44. The van der Waals surface area contributed by atoms with Gasteiger partial charge in [0.25, 0.3) is 0 Å².